The van der Waals surface area contributed by atoms with Gasteiger partial charge in [-0.05, 0) is 54.0 Å². The zero-order chi connectivity index (χ0) is 13.4. The summed E-state index contributed by atoms with van der Waals surface area (Å²) < 4.78 is 6.45. The molecule has 3 rings (SSSR count). The Labute approximate surface area is 121 Å². The third-order valence-corrected chi connectivity index (χ3v) is 3.71. The highest BCUT2D eigenvalue weighted by atomic mass is 79.9. The van der Waals surface area contributed by atoms with Gasteiger partial charge in [-0.2, -0.15) is 5.10 Å². The lowest BCUT2D eigenvalue weighted by molar-refractivity contribution is 0.448. The summed E-state index contributed by atoms with van der Waals surface area (Å²) in [7, 11) is 0. The van der Waals surface area contributed by atoms with E-state index in [2.05, 4.69) is 59.1 Å². The minimum absolute atomic E-state index is 0.147. The van der Waals surface area contributed by atoms with Crippen molar-refractivity contribution in [2.45, 2.75) is 26.3 Å². The average Bonchev–Trinajstić information content (AvgIpc) is 2.96. The Morgan fingerprint density at radius 3 is 2.53 bits per heavy atom. The molecule has 0 amide bonds. The first-order valence-corrected chi connectivity index (χ1v) is 7.08. The molecule has 1 aromatic carbocycles. The van der Waals surface area contributed by atoms with Crippen LogP contribution in [0.4, 0.5) is 5.69 Å². The highest BCUT2D eigenvalue weighted by molar-refractivity contribution is 9.10. The van der Waals surface area contributed by atoms with E-state index >= 15 is 0 Å². The molecule has 0 N–H and O–H groups in total. The maximum Gasteiger partial charge on any atom is 0.169 e. The van der Waals surface area contributed by atoms with Gasteiger partial charge in [-0.3, -0.25) is 5.01 Å². The number of nitrogens with zero attached hydrogens (tertiary/aromatic N) is 2. The van der Waals surface area contributed by atoms with Gasteiger partial charge in [-0.15, -0.1) is 0 Å². The molecule has 4 heteroatoms. The number of anilines is 1. The van der Waals surface area contributed by atoms with Gasteiger partial charge in [0, 0.05) is 12.1 Å². The van der Waals surface area contributed by atoms with E-state index in [1.165, 1.54) is 5.56 Å². The Kier molecular flexibility index (Phi) is 3.19. The number of aryl methyl sites for hydroxylation is 1. The van der Waals surface area contributed by atoms with Crippen LogP contribution in [0.5, 0.6) is 0 Å². The van der Waals surface area contributed by atoms with Crippen LogP contribution in [0.1, 0.15) is 30.7 Å². The zero-order valence-electron chi connectivity index (χ0n) is 10.9. The number of hydrazone groups is 1. The van der Waals surface area contributed by atoms with Crippen LogP contribution < -0.4 is 5.01 Å². The molecule has 2 heterocycles. The molecular formula is C15H15BrN2O. The lowest BCUT2D eigenvalue weighted by atomic mass is 10.1. The number of hydrogen-bond donors (Lipinski definition) is 0. The molecule has 19 heavy (non-hydrogen) atoms. The summed E-state index contributed by atoms with van der Waals surface area (Å²) >= 11 is 3.36. The maximum atomic E-state index is 5.69. The molecule has 0 fully saturated rings. The normalized spacial score (nSPS) is 18.8. The van der Waals surface area contributed by atoms with Crippen LogP contribution in [0.2, 0.25) is 0 Å². The summed E-state index contributed by atoms with van der Waals surface area (Å²) in [6.07, 6.45) is 0.897. The van der Waals surface area contributed by atoms with E-state index in [0.717, 1.165) is 28.2 Å². The molecule has 0 radical (unpaired) electrons. The molecule has 1 aromatic heterocycles. The predicted octanol–water partition coefficient (Wildman–Crippen LogP) is 4.68. The van der Waals surface area contributed by atoms with Crippen LogP contribution in [-0.2, 0) is 0 Å². The number of benzene rings is 1. The van der Waals surface area contributed by atoms with Crippen LogP contribution in [0.3, 0.4) is 0 Å². The molecule has 3 nitrogen and oxygen atoms in total. The SMILES string of the molecule is CC1=NN(c2ccc(C)cc2)C(c2ccc(Br)o2)C1. The third kappa shape index (κ3) is 2.45. The molecule has 1 unspecified atom stereocenters. The second-order valence-corrected chi connectivity index (χ2v) is 5.66. The van der Waals surface area contributed by atoms with Crippen molar-refractivity contribution < 1.29 is 4.42 Å². The van der Waals surface area contributed by atoms with Crippen molar-refractivity contribution in [3.8, 4) is 0 Å². The van der Waals surface area contributed by atoms with Crippen LogP contribution in [0.25, 0.3) is 0 Å². The van der Waals surface area contributed by atoms with Crippen molar-refractivity contribution in [3.05, 3.63) is 52.4 Å². The maximum absolute atomic E-state index is 5.69. The van der Waals surface area contributed by atoms with Gasteiger partial charge >= 0.3 is 0 Å². The molecule has 0 spiro atoms. The summed E-state index contributed by atoms with van der Waals surface area (Å²) in [4.78, 5) is 0. The number of halogens is 1. The summed E-state index contributed by atoms with van der Waals surface area (Å²) in [5.74, 6) is 0.938. The minimum Gasteiger partial charge on any atom is -0.452 e. The Morgan fingerprint density at radius 2 is 1.89 bits per heavy atom. The van der Waals surface area contributed by atoms with E-state index in [0.29, 0.717) is 0 Å². The lowest BCUT2D eigenvalue weighted by Gasteiger charge is -2.22. The van der Waals surface area contributed by atoms with Crippen molar-refractivity contribution in [2.75, 3.05) is 5.01 Å². The first-order valence-electron chi connectivity index (χ1n) is 6.29. The Balaban J connectivity index is 1.95. The predicted molar refractivity (Wildman–Crippen MR) is 80.5 cm³/mol. The fourth-order valence-corrected chi connectivity index (χ4v) is 2.64. The number of rotatable bonds is 2. The van der Waals surface area contributed by atoms with E-state index in [9.17, 15) is 0 Å². The van der Waals surface area contributed by atoms with Gasteiger partial charge in [0.1, 0.15) is 11.8 Å². The van der Waals surface area contributed by atoms with Crippen molar-refractivity contribution in [1.29, 1.82) is 0 Å². The summed E-state index contributed by atoms with van der Waals surface area (Å²) in [5, 5.41) is 6.67. The van der Waals surface area contributed by atoms with Crippen molar-refractivity contribution in [2.24, 2.45) is 5.10 Å². The summed E-state index contributed by atoms with van der Waals surface area (Å²) in [6, 6.07) is 12.5. The van der Waals surface area contributed by atoms with Gasteiger partial charge in [0.05, 0.1) is 5.69 Å². The molecule has 1 atom stereocenters. The molecule has 0 aliphatic carbocycles. The smallest absolute Gasteiger partial charge is 0.169 e. The van der Waals surface area contributed by atoms with E-state index in [1.807, 2.05) is 17.1 Å². The van der Waals surface area contributed by atoms with Crippen LogP contribution >= 0.6 is 15.9 Å². The van der Waals surface area contributed by atoms with E-state index in [1.54, 1.807) is 0 Å². The molecule has 2 aromatic rings. The molecule has 0 saturated carbocycles. The quantitative estimate of drug-likeness (QED) is 0.804. The Bertz CT molecular complexity index is 615. The lowest BCUT2D eigenvalue weighted by Crippen LogP contribution is -2.17. The molecule has 0 bridgehead atoms. The molecular weight excluding hydrogens is 304 g/mol. The third-order valence-electron chi connectivity index (χ3n) is 3.28. The van der Waals surface area contributed by atoms with Gasteiger partial charge in [0.2, 0.25) is 0 Å². The second-order valence-electron chi connectivity index (χ2n) is 4.88. The molecule has 1 aliphatic heterocycles. The monoisotopic (exact) mass is 318 g/mol. The van der Waals surface area contributed by atoms with Crippen molar-refractivity contribution >= 4 is 27.3 Å². The van der Waals surface area contributed by atoms with Gasteiger partial charge in [0.15, 0.2) is 4.67 Å². The topological polar surface area (TPSA) is 28.7 Å². The number of hydrogen-bond acceptors (Lipinski definition) is 3. The fraction of sp³-hybridized carbons (Fsp3) is 0.267. The molecule has 1 aliphatic rings. The van der Waals surface area contributed by atoms with Gasteiger partial charge in [-0.25, -0.2) is 0 Å². The minimum atomic E-state index is 0.147. The van der Waals surface area contributed by atoms with Gasteiger partial charge in [-0.1, -0.05) is 17.7 Å². The van der Waals surface area contributed by atoms with Gasteiger partial charge in [0.25, 0.3) is 0 Å². The molecule has 0 saturated heterocycles. The summed E-state index contributed by atoms with van der Waals surface area (Å²) in [6.45, 7) is 4.14. The van der Waals surface area contributed by atoms with Crippen molar-refractivity contribution in [3.63, 3.8) is 0 Å². The molecule has 98 valence electrons. The van der Waals surface area contributed by atoms with E-state index in [4.69, 9.17) is 4.42 Å². The van der Waals surface area contributed by atoms with Crippen LogP contribution in [0.15, 0.2) is 50.6 Å². The van der Waals surface area contributed by atoms with E-state index < -0.39 is 0 Å². The van der Waals surface area contributed by atoms with Crippen LogP contribution in [-0.4, -0.2) is 5.71 Å². The summed E-state index contributed by atoms with van der Waals surface area (Å²) in [5.41, 5.74) is 3.47. The van der Waals surface area contributed by atoms with Crippen molar-refractivity contribution in [1.82, 2.24) is 0 Å². The van der Waals surface area contributed by atoms with Gasteiger partial charge < -0.3 is 4.42 Å². The first kappa shape index (κ1) is 12.5. The number of furan rings is 1. The highest BCUT2D eigenvalue weighted by Crippen LogP contribution is 2.36. The first-order chi connectivity index (χ1) is 9.13. The zero-order valence-corrected chi connectivity index (χ0v) is 12.5. The van der Waals surface area contributed by atoms with Crippen LogP contribution in [0, 0.1) is 6.92 Å². The fourth-order valence-electron chi connectivity index (χ4n) is 2.32. The Hall–Kier alpha value is -1.55. The largest absolute Gasteiger partial charge is 0.452 e. The Morgan fingerprint density at radius 1 is 1.16 bits per heavy atom. The average molecular weight is 319 g/mol. The highest BCUT2D eigenvalue weighted by Gasteiger charge is 2.29. The second kappa shape index (κ2) is 4.85. The standard InChI is InChI=1S/C15H15BrN2O/c1-10-3-5-12(6-4-10)18-13(9-11(2)17-18)14-7-8-15(16)19-14/h3-8,13H,9H2,1-2H3. The van der Waals surface area contributed by atoms with E-state index in [-0.39, 0.29) is 6.04 Å².